The quantitative estimate of drug-likeness (QED) is 0.0343. The highest BCUT2D eigenvalue weighted by molar-refractivity contribution is 5.71. The number of ether oxygens (including phenoxy) is 3. The minimum atomic E-state index is -0.763. The van der Waals surface area contributed by atoms with Gasteiger partial charge >= 0.3 is 17.9 Å². The standard InChI is InChI=1S/C67H130O6/c1-4-7-10-13-16-19-22-25-28-31-33-34-35-37-39-42-45-48-51-54-57-60-66(69)72-63-64(62-71-65(68)59-56-53-50-47-44-41-38-30-27-24-21-18-15-12-9-6-3)73-67(70)61-58-55-52-49-46-43-40-36-32-29-26-23-20-17-14-11-8-5-2/h64H,4-63H2,1-3H3. The Bertz CT molecular complexity index is 1090. The fourth-order valence-corrected chi connectivity index (χ4v) is 10.6. The smallest absolute Gasteiger partial charge is 0.306 e. The number of esters is 3. The highest BCUT2D eigenvalue weighted by Gasteiger charge is 2.19. The minimum Gasteiger partial charge on any atom is -0.462 e. The Labute approximate surface area is 457 Å². The van der Waals surface area contributed by atoms with Gasteiger partial charge in [0.1, 0.15) is 13.2 Å². The summed E-state index contributed by atoms with van der Waals surface area (Å²) in [4.78, 5) is 38.4. The molecule has 0 saturated heterocycles. The normalized spacial score (nSPS) is 11.9. The molecule has 0 heterocycles. The molecule has 0 bridgehead atoms. The summed E-state index contributed by atoms with van der Waals surface area (Å²) in [5, 5.41) is 0. The summed E-state index contributed by atoms with van der Waals surface area (Å²) in [6.07, 6.45) is 72.6. The molecule has 0 fully saturated rings. The first-order valence-corrected chi connectivity index (χ1v) is 33.5. The van der Waals surface area contributed by atoms with Crippen molar-refractivity contribution in [3.63, 3.8) is 0 Å². The van der Waals surface area contributed by atoms with Crippen molar-refractivity contribution >= 4 is 17.9 Å². The van der Waals surface area contributed by atoms with Crippen LogP contribution in [0.3, 0.4) is 0 Å². The number of carbonyl (C=O) groups excluding carboxylic acids is 3. The van der Waals surface area contributed by atoms with Crippen molar-refractivity contribution in [1.29, 1.82) is 0 Å². The average molecular weight is 1030 g/mol. The molecule has 1 unspecified atom stereocenters. The van der Waals surface area contributed by atoms with Gasteiger partial charge in [0.15, 0.2) is 6.10 Å². The van der Waals surface area contributed by atoms with E-state index in [4.69, 9.17) is 14.2 Å². The van der Waals surface area contributed by atoms with E-state index in [1.54, 1.807) is 0 Å². The first-order valence-electron chi connectivity index (χ1n) is 33.5. The summed E-state index contributed by atoms with van der Waals surface area (Å²) >= 11 is 0. The average Bonchev–Trinajstić information content (AvgIpc) is 3.39. The van der Waals surface area contributed by atoms with E-state index < -0.39 is 6.10 Å². The summed E-state index contributed by atoms with van der Waals surface area (Å²) in [6.45, 7) is 6.74. The zero-order valence-corrected chi connectivity index (χ0v) is 50.0. The second kappa shape index (κ2) is 62.9. The van der Waals surface area contributed by atoms with Crippen LogP contribution in [0.1, 0.15) is 393 Å². The molecular weight excluding hydrogens is 901 g/mol. The third-order valence-corrected chi connectivity index (χ3v) is 15.6. The Kier molecular flexibility index (Phi) is 61.6. The topological polar surface area (TPSA) is 78.9 Å². The lowest BCUT2D eigenvalue weighted by molar-refractivity contribution is -0.167. The zero-order chi connectivity index (χ0) is 52.9. The molecule has 0 N–H and O–H groups in total. The van der Waals surface area contributed by atoms with Crippen LogP contribution < -0.4 is 0 Å². The molecule has 0 aliphatic carbocycles. The first-order chi connectivity index (χ1) is 36.0. The van der Waals surface area contributed by atoms with Gasteiger partial charge in [-0.15, -0.1) is 0 Å². The molecule has 0 amide bonds. The fraction of sp³-hybridized carbons (Fsp3) is 0.955. The van der Waals surface area contributed by atoms with Gasteiger partial charge in [0, 0.05) is 19.3 Å². The van der Waals surface area contributed by atoms with Crippen LogP contribution in [-0.4, -0.2) is 37.2 Å². The lowest BCUT2D eigenvalue weighted by atomic mass is 10.0. The number of hydrogen-bond donors (Lipinski definition) is 0. The van der Waals surface area contributed by atoms with Gasteiger partial charge in [-0.2, -0.15) is 0 Å². The van der Waals surface area contributed by atoms with Crippen LogP contribution in [0, 0.1) is 0 Å². The van der Waals surface area contributed by atoms with Crippen molar-refractivity contribution in [2.24, 2.45) is 0 Å². The molecule has 0 aliphatic rings. The van der Waals surface area contributed by atoms with Gasteiger partial charge in [-0.05, 0) is 19.3 Å². The SMILES string of the molecule is CCCCCCCCCCCCCCCCCCCCCCCC(=O)OCC(COC(=O)CCCCCCCCCCCCCCCCCC)OC(=O)CCCCCCCCCCCCCCCCCCCC. The maximum absolute atomic E-state index is 12.9. The summed E-state index contributed by atoms with van der Waals surface area (Å²) in [5.74, 6) is -0.821. The zero-order valence-electron chi connectivity index (χ0n) is 50.0. The summed E-state index contributed by atoms with van der Waals surface area (Å²) in [6, 6.07) is 0. The molecule has 0 spiro atoms. The summed E-state index contributed by atoms with van der Waals surface area (Å²) in [5.41, 5.74) is 0. The first kappa shape index (κ1) is 71.4. The Morgan fingerprint density at radius 3 is 0.548 bits per heavy atom. The van der Waals surface area contributed by atoms with Crippen LogP contribution in [0.2, 0.25) is 0 Å². The molecule has 0 radical (unpaired) electrons. The predicted molar refractivity (Wildman–Crippen MR) is 317 cm³/mol. The van der Waals surface area contributed by atoms with Gasteiger partial charge in [-0.3, -0.25) is 14.4 Å². The van der Waals surface area contributed by atoms with Crippen LogP contribution >= 0.6 is 0 Å². The third-order valence-electron chi connectivity index (χ3n) is 15.6. The maximum Gasteiger partial charge on any atom is 0.306 e. The maximum atomic E-state index is 12.9. The molecule has 0 aromatic carbocycles. The Morgan fingerprint density at radius 2 is 0.370 bits per heavy atom. The lowest BCUT2D eigenvalue weighted by Gasteiger charge is -2.18. The summed E-state index contributed by atoms with van der Waals surface area (Å²) in [7, 11) is 0. The van der Waals surface area contributed by atoms with Gasteiger partial charge in [0.2, 0.25) is 0 Å². The van der Waals surface area contributed by atoms with Gasteiger partial charge in [0.25, 0.3) is 0 Å². The van der Waals surface area contributed by atoms with E-state index in [-0.39, 0.29) is 31.1 Å². The molecule has 6 nitrogen and oxygen atoms in total. The largest absolute Gasteiger partial charge is 0.462 e. The monoisotopic (exact) mass is 1030 g/mol. The Balaban J connectivity index is 4.26. The van der Waals surface area contributed by atoms with E-state index in [0.29, 0.717) is 19.3 Å². The minimum absolute atomic E-state index is 0.0602. The number of rotatable bonds is 63. The van der Waals surface area contributed by atoms with Crippen molar-refractivity contribution in [2.45, 2.75) is 399 Å². The second-order valence-corrected chi connectivity index (χ2v) is 23.1. The van der Waals surface area contributed by atoms with E-state index >= 15 is 0 Å². The van der Waals surface area contributed by atoms with Crippen LogP contribution in [-0.2, 0) is 28.6 Å². The van der Waals surface area contributed by atoms with E-state index in [0.717, 1.165) is 57.8 Å². The third kappa shape index (κ3) is 61.1. The lowest BCUT2D eigenvalue weighted by Crippen LogP contribution is -2.30. The molecule has 0 aliphatic heterocycles. The van der Waals surface area contributed by atoms with Crippen LogP contribution in [0.15, 0.2) is 0 Å². The van der Waals surface area contributed by atoms with Gasteiger partial charge in [-0.1, -0.05) is 355 Å². The molecule has 0 rings (SSSR count). The van der Waals surface area contributed by atoms with Crippen molar-refractivity contribution in [2.75, 3.05) is 13.2 Å². The molecule has 0 aromatic rings. The van der Waals surface area contributed by atoms with Crippen molar-refractivity contribution in [3.05, 3.63) is 0 Å². The van der Waals surface area contributed by atoms with E-state index in [1.165, 1.54) is 295 Å². The fourth-order valence-electron chi connectivity index (χ4n) is 10.6. The second-order valence-electron chi connectivity index (χ2n) is 23.1. The molecule has 6 heteroatoms. The number of hydrogen-bond acceptors (Lipinski definition) is 6. The molecule has 0 saturated carbocycles. The molecule has 1 atom stereocenters. The van der Waals surface area contributed by atoms with E-state index in [9.17, 15) is 14.4 Å². The molecule has 434 valence electrons. The van der Waals surface area contributed by atoms with Crippen molar-refractivity contribution in [1.82, 2.24) is 0 Å². The van der Waals surface area contributed by atoms with Gasteiger partial charge in [-0.25, -0.2) is 0 Å². The van der Waals surface area contributed by atoms with Crippen LogP contribution in [0.4, 0.5) is 0 Å². The van der Waals surface area contributed by atoms with Crippen LogP contribution in [0.25, 0.3) is 0 Å². The summed E-state index contributed by atoms with van der Waals surface area (Å²) < 4.78 is 17.0. The highest BCUT2D eigenvalue weighted by Crippen LogP contribution is 2.19. The highest BCUT2D eigenvalue weighted by atomic mass is 16.6. The Hall–Kier alpha value is -1.59. The molecule has 73 heavy (non-hydrogen) atoms. The van der Waals surface area contributed by atoms with E-state index in [2.05, 4.69) is 20.8 Å². The van der Waals surface area contributed by atoms with Crippen molar-refractivity contribution in [3.8, 4) is 0 Å². The van der Waals surface area contributed by atoms with E-state index in [1.807, 2.05) is 0 Å². The molecular formula is C67H130O6. The molecule has 0 aromatic heterocycles. The predicted octanol–water partition coefficient (Wildman–Crippen LogP) is 22.7. The van der Waals surface area contributed by atoms with Gasteiger partial charge < -0.3 is 14.2 Å². The van der Waals surface area contributed by atoms with Crippen LogP contribution in [0.5, 0.6) is 0 Å². The van der Waals surface area contributed by atoms with Crippen molar-refractivity contribution < 1.29 is 28.6 Å². The number of unbranched alkanes of at least 4 members (excludes halogenated alkanes) is 52. The Morgan fingerprint density at radius 1 is 0.219 bits per heavy atom. The number of carbonyl (C=O) groups is 3. The van der Waals surface area contributed by atoms with Gasteiger partial charge in [0.05, 0.1) is 0 Å².